The van der Waals surface area contributed by atoms with Crippen molar-refractivity contribution < 1.29 is 4.39 Å². The van der Waals surface area contributed by atoms with Crippen molar-refractivity contribution in [1.82, 2.24) is 4.90 Å². The molecule has 0 radical (unpaired) electrons. The minimum atomic E-state index is -0.448. The zero-order valence-corrected chi connectivity index (χ0v) is 13.1. The van der Waals surface area contributed by atoms with Crippen LogP contribution in [0.15, 0.2) is 36.7 Å². The maximum Gasteiger partial charge on any atom is 0.116 e. The minimum absolute atomic E-state index is 0.162. The van der Waals surface area contributed by atoms with Gasteiger partial charge in [0.15, 0.2) is 0 Å². The average molecular weight is 278 g/mol. The van der Waals surface area contributed by atoms with Gasteiger partial charge in [0.1, 0.15) is 5.83 Å². The monoisotopic (exact) mass is 278 g/mol. The van der Waals surface area contributed by atoms with Crippen LogP contribution in [0.2, 0.25) is 0 Å². The number of hydrogen-bond donors (Lipinski definition) is 0. The average Bonchev–Trinajstić information content (AvgIpc) is 2.42. The Balaban J connectivity index is 0.00000172. The van der Waals surface area contributed by atoms with E-state index in [9.17, 15) is 4.39 Å². The molecule has 0 N–H and O–H groups in total. The van der Waals surface area contributed by atoms with E-state index in [4.69, 9.17) is 5.26 Å². The maximum absolute atomic E-state index is 12.5. The molecule has 0 bridgehead atoms. The highest BCUT2D eigenvalue weighted by Crippen LogP contribution is 2.33. The van der Waals surface area contributed by atoms with Crippen molar-refractivity contribution in [2.45, 2.75) is 40.0 Å². The third-order valence-corrected chi connectivity index (χ3v) is 3.50. The molecule has 3 heteroatoms. The number of nitriles is 1. The molecule has 112 valence electrons. The Bertz CT molecular complexity index is 382. The van der Waals surface area contributed by atoms with Gasteiger partial charge in [0.2, 0.25) is 0 Å². The van der Waals surface area contributed by atoms with Gasteiger partial charge in [-0.25, -0.2) is 4.39 Å². The predicted octanol–water partition coefficient (Wildman–Crippen LogP) is 4.62. The summed E-state index contributed by atoms with van der Waals surface area (Å²) in [5.74, 6) is -0.448. The highest BCUT2D eigenvalue weighted by Gasteiger charge is 2.29. The highest BCUT2D eigenvalue weighted by molar-refractivity contribution is 5.22. The number of halogens is 1. The SMILES string of the molecule is C=C(F)/C=C\C(=C)CN1CCC(C)(CC#N)CC1.CC. The van der Waals surface area contributed by atoms with Crippen molar-refractivity contribution in [2.75, 3.05) is 19.6 Å². The Morgan fingerprint density at radius 2 is 1.85 bits per heavy atom. The van der Waals surface area contributed by atoms with Crippen molar-refractivity contribution in [3.63, 3.8) is 0 Å². The predicted molar refractivity (Wildman–Crippen MR) is 83.9 cm³/mol. The van der Waals surface area contributed by atoms with Crippen LogP contribution in [0.3, 0.4) is 0 Å². The summed E-state index contributed by atoms with van der Waals surface area (Å²) in [4.78, 5) is 2.30. The smallest absolute Gasteiger partial charge is 0.116 e. The van der Waals surface area contributed by atoms with Crippen molar-refractivity contribution in [1.29, 1.82) is 5.26 Å². The Labute approximate surface area is 123 Å². The molecule has 1 fully saturated rings. The van der Waals surface area contributed by atoms with Crippen LogP contribution in [0.5, 0.6) is 0 Å². The number of rotatable bonds is 5. The van der Waals surface area contributed by atoms with E-state index in [-0.39, 0.29) is 5.41 Å². The summed E-state index contributed by atoms with van der Waals surface area (Å²) in [7, 11) is 0. The summed E-state index contributed by atoms with van der Waals surface area (Å²) in [5.41, 5.74) is 1.05. The van der Waals surface area contributed by atoms with Crippen molar-refractivity contribution in [3.8, 4) is 6.07 Å². The fraction of sp³-hybridized carbons (Fsp3) is 0.588. The summed E-state index contributed by atoms with van der Waals surface area (Å²) >= 11 is 0. The molecule has 0 aromatic rings. The third-order valence-electron chi connectivity index (χ3n) is 3.50. The fourth-order valence-corrected chi connectivity index (χ4v) is 2.17. The molecule has 2 nitrogen and oxygen atoms in total. The number of allylic oxidation sites excluding steroid dienone is 2. The van der Waals surface area contributed by atoms with Gasteiger partial charge in [-0.05, 0) is 43.0 Å². The molecule has 0 aromatic carbocycles. The molecule has 1 saturated heterocycles. The second-order valence-electron chi connectivity index (χ2n) is 5.36. The zero-order chi connectivity index (χ0) is 15.6. The molecule has 0 unspecified atom stereocenters. The van der Waals surface area contributed by atoms with E-state index in [1.54, 1.807) is 6.08 Å². The number of likely N-dealkylation sites (tertiary alicyclic amines) is 1. The van der Waals surface area contributed by atoms with Crippen molar-refractivity contribution in [2.24, 2.45) is 5.41 Å². The minimum Gasteiger partial charge on any atom is -0.299 e. The molecule has 0 atom stereocenters. The largest absolute Gasteiger partial charge is 0.299 e. The lowest BCUT2D eigenvalue weighted by molar-refractivity contribution is 0.130. The van der Waals surface area contributed by atoms with E-state index in [0.717, 1.165) is 38.0 Å². The molecule has 0 amide bonds. The summed E-state index contributed by atoms with van der Waals surface area (Å²) in [6.07, 6.45) is 5.71. The normalized spacial score (nSPS) is 17.9. The topological polar surface area (TPSA) is 27.0 Å². The number of nitrogens with zero attached hydrogens (tertiary/aromatic N) is 2. The molecule has 1 rings (SSSR count). The van der Waals surface area contributed by atoms with Crippen LogP contribution < -0.4 is 0 Å². The Kier molecular flexibility index (Phi) is 8.83. The Hall–Kier alpha value is -1.40. The zero-order valence-electron chi connectivity index (χ0n) is 13.1. The summed E-state index contributed by atoms with van der Waals surface area (Å²) in [5, 5.41) is 8.79. The van der Waals surface area contributed by atoms with Crippen LogP contribution in [0.4, 0.5) is 4.39 Å². The molecular weight excluding hydrogens is 251 g/mol. The second-order valence-corrected chi connectivity index (χ2v) is 5.36. The lowest BCUT2D eigenvalue weighted by atomic mass is 9.78. The van der Waals surface area contributed by atoms with E-state index >= 15 is 0 Å². The first-order chi connectivity index (χ1) is 9.45. The van der Waals surface area contributed by atoms with Gasteiger partial charge in [0.05, 0.1) is 6.07 Å². The van der Waals surface area contributed by atoms with Crippen molar-refractivity contribution >= 4 is 0 Å². The lowest BCUT2D eigenvalue weighted by Gasteiger charge is -2.38. The van der Waals surface area contributed by atoms with Gasteiger partial charge in [-0.3, -0.25) is 4.90 Å². The third kappa shape index (κ3) is 7.25. The summed E-state index contributed by atoms with van der Waals surface area (Å²) in [6.45, 7) is 16.0. The van der Waals surface area contributed by atoms with Gasteiger partial charge in [-0.2, -0.15) is 5.26 Å². The molecule has 0 spiro atoms. The van der Waals surface area contributed by atoms with Crippen LogP contribution in [0, 0.1) is 16.7 Å². The van der Waals surface area contributed by atoms with Gasteiger partial charge in [0.25, 0.3) is 0 Å². The molecular formula is C17H27FN2. The quantitative estimate of drug-likeness (QED) is 0.686. The molecule has 0 aliphatic carbocycles. The fourth-order valence-electron chi connectivity index (χ4n) is 2.17. The van der Waals surface area contributed by atoms with E-state index < -0.39 is 5.83 Å². The molecule has 20 heavy (non-hydrogen) atoms. The Morgan fingerprint density at radius 1 is 1.30 bits per heavy atom. The van der Waals surface area contributed by atoms with E-state index in [1.807, 2.05) is 13.8 Å². The first-order valence-corrected chi connectivity index (χ1v) is 7.25. The lowest BCUT2D eigenvalue weighted by Crippen LogP contribution is -2.39. The van der Waals surface area contributed by atoms with Crippen LogP contribution in [-0.2, 0) is 0 Å². The summed E-state index contributed by atoms with van der Waals surface area (Å²) < 4.78 is 12.5. The van der Waals surface area contributed by atoms with E-state index in [1.165, 1.54) is 6.08 Å². The molecule has 1 aliphatic heterocycles. The summed E-state index contributed by atoms with van der Waals surface area (Å²) in [6, 6.07) is 2.27. The van der Waals surface area contributed by atoms with Crippen LogP contribution >= 0.6 is 0 Å². The molecule has 1 heterocycles. The van der Waals surface area contributed by atoms with E-state index in [2.05, 4.69) is 31.1 Å². The number of hydrogen-bond acceptors (Lipinski definition) is 2. The van der Waals surface area contributed by atoms with Gasteiger partial charge in [-0.15, -0.1) is 0 Å². The van der Waals surface area contributed by atoms with Crippen LogP contribution in [0.1, 0.15) is 40.0 Å². The molecule has 0 aromatic heterocycles. The van der Waals surface area contributed by atoms with E-state index in [0.29, 0.717) is 6.42 Å². The second kappa shape index (κ2) is 9.50. The first kappa shape index (κ1) is 18.6. The van der Waals surface area contributed by atoms with Gasteiger partial charge in [-0.1, -0.05) is 40.0 Å². The Morgan fingerprint density at radius 3 is 2.30 bits per heavy atom. The van der Waals surface area contributed by atoms with Crippen molar-refractivity contribution in [3.05, 3.63) is 36.7 Å². The van der Waals surface area contributed by atoms with Gasteiger partial charge >= 0.3 is 0 Å². The molecule has 0 saturated carbocycles. The van der Waals surface area contributed by atoms with Crippen LogP contribution in [0.25, 0.3) is 0 Å². The standard InChI is InChI=1S/C15H21FN2.C2H6/c1-13(4-5-14(2)16)12-18-10-7-15(3,6-9-17)8-11-18;1-2/h4-5H,1-2,6-8,10-12H2,3H3;1-2H3/b5-4-;. The first-order valence-electron chi connectivity index (χ1n) is 7.25. The number of piperidine rings is 1. The highest BCUT2D eigenvalue weighted by atomic mass is 19.1. The van der Waals surface area contributed by atoms with Crippen LogP contribution in [-0.4, -0.2) is 24.5 Å². The van der Waals surface area contributed by atoms with Gasteiger partial charge in [0, 0.05) is 13.0 Å². The molecule has 1 aliphatic rings. The van der Waals surface area contributed by atoms with Gasteiger partial charge < -0.3 is 0 Å². The maximum atomic E-state index is 12.5.